The van der Waals surface area contributed by atoms with Crippen LogP contribution in [0.2, 0.25) is 0 Å². The van der Waals surface area contributed by atoms with E-state index in [9.17, 15) is 18.8 Å². The summed E-state index contributed by atoms with van der Waals surface area (Å²) in [5.74, 6) is -1.32. The molecule has 1 aromatic heterocycles. The number of amides is 1. The molecule has 150 valence electrons. The zero-order chi connectivity index (χ0) is 20.8. The average Bonchev–Trinajstić information content (AvgIpc) is 2.73. The minimum Gasteiger partial charge on any atom is -0.441 e. The molecule has 0 bridgehead atoms. The minimum absolute atomic E-state index is 0.00334. The molecule has 0 aliphatic rings. The monoisotopic (exact) mass is 416 g/mol. The molecule has 0 aliphatic heterocycles. The highest BCUT2D eigenvalue weighted by atomic mass is 32.2. The van der Waals surface area contributed by atoms with Crippen LogP contribution in [0, 0.1) is 5.82 Å². The van der Waals surface area contributed by atoms with Gasteiger partial charge in [0.2, 0.25) is 5.91 Å². The number of nitrogens with one attached hydrogen (secondary N) is 1. The Bertz CT molecular complexity index is 1090. The van der Waals surface area contributed by atoms with Gasteiger partial charge >= 0.3 is 5.97 Å². The van der Waals surface area contributed by atoms with Gasteiger partial charge in [0.15, 0.2) is 6.73 Å². The van der Waals surface area contributed by atoms with E-state index in [2.05, 4.69) is 15.6 Å². The van der Waals surface area contributed by atoms with Crippen molar-refractivity contribution < 1.29 is 18.7 Å². The van der Waals surface area contributed by atoms with E-state index in [4.69, 9.17) is 4.74 Å². The third kappa shape index (κ3) is 5.38. The van der Waals surface area contributed by atoms with E-state index < -0.39 is 22.6 Å². The number of anilines is 1. The van der Waals surface area contributed by atoms with Crippen LogP contribution >= 0.6 is 11.8 Å². The number of esters is 1. The van der Waals surface area contributed by atoms with Gasteiger partial charge in [0.1, 0.15) is 16.6 Å². The smallest absolute Gasteiger partial charge is 0.320 e. The van der Waals surface area contributed by atoms with Gasteiger partial charge in [0.05, 0.1) is 11.1 Å². The molecule has 1 atom stereocenters. The number of rotatable bonds is 7. The zero-order valence-corrected chi connectivity index (χ0v) is 16.2. The Labute approximate surface area is 169 Å². The van der Waals surface area contributed by atoms with E-state index in [0.29, 0.717) is 16.6 Å². The molecule has 1 heterocycles. The first-order valence-corrected chi connectivity index (χ1v) is 9.65. The topological polar surface area (TPSA) is 103 Å². The van der Waals surface area contributed by atoms with Gasteiger partial charge in [-0.25, -0.2) is 4.39 Å². The zero-order valence-electron chi connectivity index (χ0n) is 15.4. The number of carbonyl (C=O) groups excluding carboxylic acids is 2. The van der Waals surface area contributed by atoms with Crippen LogP contribution in [-0.4, -0.2) is 37.9 Å². The second kappa shape index (κ2) is 9.28. The van der Waals surface area contributed by atoms with Crippen molar-refractivity contribution >= 4 is 40.2 Å². The van der Waals surface area contributed by atoms with E-state index in [1.807, 2.05) is 0 Å². The number of ether oxygens (including phenoxy) is 1. The number of benzene rings is 2. The molecule has 0 fully saturated rings. The normalized spacial score (nSPS) is 11.8. The van der Waals surface area contributed by atoms with E-state index >= 15 is 0 Å². The SMILES string of the molecule is C[C@H](SCC(=O)Nc1ccc(F)cc1)C(=O)OCn1nnc2ccccc2c1=O. The number of hydrogen-bond acceptors (Lipinski definition) is 7. The van der Waals surface area contributed by atoms with Gasteiger partial charge in [-0.15, -0.1) is 16.9 Å². The molecule has 0 saturated carbocycles. The van der Waals surface area contributed by atoms with Crippen molar-refractivity contribution in [3.8, 4) is 0 Å². The van der Waals surface area contributed by atoms with Crippen molar-refractivity contribution in [1.82, 2.24) is 15.0 Å². The lowest BCUT2D eigenvalue weighted by molar-refractivity contribution is -0.147. The number of fused-ring (bicyclic) bond motifs is 1. The molecule has 1 amide bonds. The number of halogens is 1. The summed E-state index contributed by atoms with van der Waals surface area (Å²) in [6, 6.07) is 12.1. The minimum atomic E-state index is -0.641. The van der Waals surface area contributed by atoms with E-state index in [-0.39, 0.29) is 18.4 Å². The van der Waals surface area contributed by atoms with Crippen molar-refractivity contribution in [3.63, 3.8) is 0 Å². The molecule has 0 radical (unpaired) electrons. The lowest BCUT2D eigenvalue weighted by Gasteiger charge is -2.12. The maximum atomic E-state index is 12.9. The van der Waals surface area contributed by atoms with Crippen molar-refractivity contribution in [3.05, 3.63) is 64.7 Å². The molecular weight excluding hydrogens is 399 g/mol. The summed E-state index contributed by atoms with van der Waals surface area (Å²) in [6.45, 7) is 1.22. The van der Waals surface area contributed by atoms with Gasteiger partial charge in [-0.2, -0.15) is 4.68 Å². The maximum absolute atomic E-state index is 12.9. The summed E-state index contributed by atoms with van der Waals surface area (Å²) >= 11 is 1.07. The van der Waals surface area contributed by atoms with Crippen LogP contribution in [0.1, 0.15) is 6.92 Å². The first-order valence-electron chi connectivity index (χ1n) is 8.60. The van der Waals surface area contributed by atoms with Crippen LogP contribution in [0.5, 0.6) is 0 Å². The summed E-state index contributed by atoms with van der Waals surface area (Å²) < 4.78 is 18.9. The Hall–Kier alpha value is -3.27. The summed E-state index contributed by atoms with van der Waals surface area (Å²) in [5.41, 5.74) is 0.500. The molecule has 3 rings (SSSR count). The van der Waals surface area contributed by atoms with Gasteiger partial charge in [0.25, 0.3) is 5.56 Å². The Morgan fingerprint density at radius 1 is 1.21 bits per heavy atom. The van der Waals surface area contributed by atoms with Crippen molar-refractivity contribution in [2.75, 3.05) is 11.1 Å². The van der Waals surface area contributed by atoms with E-state index in [1.165, 1.54) is 24.3 Å². The number of nitrogens with zero attached hydrogens (tertiary/aromatic N) is 3. The lowest BCUT2D eigenvalue weighted by atomic mass is 10.2. The molecule has 29 heavy (non-hydrogen) atoms. The largest absolute Gasteiger partial charge is 0.441 e. The lowest BCUT2D eigenvalue weighted by Crippen LogP contribution is -2.28. The van der Waals surface area contributed by atoms with Gasteiger partial charge in [0, 0.05) is 5.69 Å². The summed E-state index contributed by atoms with van der Waals surface area (Å²) in [6.07, 6.45) is 0. The first kappa shape index (κ1) is 20.5. The maximum Gasteiger partial charge on any atom is 0.320 e. The summed E-state index contributed by atoms with van der Waals surface area (Å²) in [7, 11) is 0. The number of hydrogen-bond donors (Lipinski definition) is 1. The van der Waals surface area contributed by atoms with Crippen LogP contribution in [0.4, 0.5) is 10.1 Å². The van der Waals surface area contributed by atoms with Gasteiger partial charge in [-0.1, -0.05) is 17.3 Å². The Balaban J connectivity index is 1.49. The molecule has 0 spiro atoms. The van der Waals surface area contributed by atoms with E-state index in [0.717, 1.165) is 16.4 Å². The van der Waals surface area contributed by atoms with Crippen molar-refractivity contribution in [2.24, 2.45) is 0 Å². The van der Waals surface area contributed by atoms with Crippen LogP contribution in [0.25, 0.3) is 10.9 Å². The number of thioether (sulfide) groups is 1. The quantitative estimate of drug-likeness (QED) is 0.589. The van der Waals surface area contributed by atoms with Crippen LogP contribution in [0.3, 0.4) is 0 Å². The highest BCUT2D eigenvalue weighted by Gasteiger charge is 2.18. The third-order valence-corrected chi connectivity index (χ3v) is 5.00. The number of carbonyl (C=O) groups is 2. The predicted molar refractivity (Wildman–Crippen MR) is 107 cm³/mol. The number of aromatic nitrogens is 3. The second-order valence-electron chi connectivity index (χ2n) is 6.01. The van der Waals surface area contributed by atoms with Gasteiger partial charge in [-0.3, -0.25) is 14.4 Å². The molecule has 8 nitrogen and oxygen atoms in total. The molecule has 1 N–H and O–H groups in total. The highest BCUT2D eigenvalue weighted by molar-refractivity contribution is 8.01. The van der Waals surface area contributed by atoms with Crippen molar-refractivity contribution in [2.45, 2.75) is 18.9 Å². The molecule has 10 heteroatoms. The van der Waals surface area contributed by atoms with E-state index in [1.54, 1.807) is 31.2 Å². The fourth-order valence-corrected chi connectivity index (χ4v) is 3.03. The summed E-state index contributed by atoms with van der Waals surface area (Å²) in [4.78, 5) is 36.4. The van der Waals surface area contributed by atoms with Gasteiger partial charge in [-0.05, 0) is 43.3 Å². The Kier molecular flexibility index (Phi) is 6.55. The predicted octanol–water partition coefficient (Wildman–Crippen LogP) is 2.19. The van der Waals surface area contributed by atoms with Crippen molar-refractivity contribution in [1.29, 1.82) is 0 Å². The Morgan fingerprint density at radius 3 is 2.69 bits per heavy atom. The summed E-state index contributed by atoms with van der Waals surface area (Å²) in [5, 5.41) is 9.99. The molecular formula is C19H17FN4O4S. The first-order chi connectivity index (χ1) is 13.9. The molecule has 0 unspecified atom stereocenters. The standard InChI is InChI=1S/C19H17FN4O4S/c1-12(29-10-17(25)21-14-8-6-13(20)7-9-14)19(27)28-11-24-18(26)15-4-2-3-5-16(15)22-23-24/h2-9,12H,10-11H2,1H3,(H,21,25)/t12-/m0/s1. The molecule has 0 saturated heterocycles. The molecule has 0 aliphatic carbocycles. The average molecular weight is 416 g/mol. The molecule has 3 aromatic rings. The second-order valence-corrected chi connectivity index (χ2v) is 7.34. The third-order valence-electron chi connectivity index (χ3n) is 3.88. The highest BCUT2D eigenvalue weighted by Crippen LogP contribution is 2.14. The van der Waals surface area contributed by atoms with Crippen LogP contribution in [0.15, 0.2) is 53.3 Å². The Morgan fingerprint density at radius 2 is 1.93 bits per heavy atom. The fraction of sp³-hybridized carbons (Fsp3) is 0.211. The van der Waals surface area contributed by atoms with Gasteiger partial charge < -0.3 is 10.1 Å². The van der Waals surface area contributed by atoms with Crippen LogP contribution < -0.4 is 10.9 Å². The fourth-order valence-electron chi connectivity index (χ4n) is 2.35. The molecule has 2 aromatic carbocycles. The van der Waals surface area contributed by atoms with Crippen LogP contribution in [-0.2, 0) is 21.1 Å².